The number of rotatable bonds is 3. The van der Waals surface area contributed by atoms with Crippen LogP contribution in [-0.2, 0) is 10.8 Å². The molecular weight excluding hydrogens is 693 g/mol. The van der Waals surface area contributed by atoms with Crippen molar-refractivity contribution in [3.8, 4) is 22.5 Å². The van der Waals surface area contributed by atoms with Crippen LogP contribution in [0.25, 0.3) is 88.1 Å². The Hall–Kier alpha value is -6.84. The maximum atomic E-state index is 6.25. The fraction of sp³-hybridized carbons (Fsp3) is 0.111. The Kier molecular flexibility index (Phi) is 6.46. The van der Waals surface area contributed by atoms with E-state index in [0.717, 1.165) is 27.6 Å². The zero-order chi connectivity index (χ0) is 38.2. The fourth-order valence-electron chi connectivity index (χ4n) is 10.6. The van der Waals surface area contributed by atoms with Crippen LogP contribution in [0.2, 0.25) is 0 Å². The van der Waals surface area contributed by atoms with Crippen molar-refractivity contribution in [1.29, 1.82) is 0 Å². The number of aromatic nitrogens is 2. The summed E-state index contributed by atoms with van der Waals surface area (Å²) in [5.41, 5.74) is 16.6. The molecule has 0 fully saturated rings. The van der Waals surface area contributed by atoms with Crippen LogP contribution in [0.5, 0.6) is 0 Å². The molecule has 0 aliphatic heterocycles. The van der Waals surface area contributed by atoms with Crippen molar-refractivity contribution in [2.75, 3.05) is 0 Å². The topological polar surface area (TPSA) is 23.0 Å². The van der Waals surface area contributed by atoms with E-state index in [4.69, 9.17) is 4.42 Å². The van der Waals surface area contributed by atoms with Crippen LogP contribution in [0.3, 0.4) is 0 Å². The van der Waals surface area contributed by atoms with Crippen LogP contribution in [-0.4, -0.2) is 9.13 Å². The molecule has 0 saturated carbocycles. The van der Waals surface area contributed by atoms with E-state index in [1.54, 1.807) is 0 Å². The summed E-state index contributed by atoms with van der Waals surface area (Å²) in [6.07, 6.45) is 0. The average Bonchev–Trinajstić information content (AvgIpc) is 3.90. The molecule has 0 saturated heterocycles. The number of furan rings is 1. The molecule has 0 spiro atoms. The maximum Gasteiger partial charge on any atom is 0.135 e. The van der Waals surface area contributed by atoms with E-state index in [1.165, 1.54) is 82.7 Å². The standard InChI is InChI=1S/C54H40N2O/c1-53(2)42-28-30-46-50(39-18-9-12-20-44(39)56(46)36-26-31-48-40(32-36)37-16-10-13-21-47(37)57-48)52(42)54(3,4)41-27-29-45-49(51(41)53)38-17-8-11-19-43(38)55(45)35-24-22-34(23-25-35)33-14-6-5-7-15-33/h5-32H,1-4H3. The van der Waals surface area contributed by atoms with Crippen molar-refractivity contribution in [2.24, 2.45) is 0 Å². The molecule has 0 amide bonds. The summed E-state index contributed by atoms with van der Waals surface area (Å²) in [4.78, 5) is 0. The summed E-state index contributed by atoms with van der Waals surface area (Å²) in [5, 5.41) is 7.54. The number of para-hydroxylation sites is 3. The third-order valence-corrected chi connectivity index (χ3v) is 13.1. The third-order valence-electron chi connectivity index (χ3n) is 13.1. The number of benzene rings is 8. The van der Waals surface area contributed by atoms with Gasteiger partial charge in [0.25, 0.3) is 0 Å². The van der Waals surface area contributed by atoms with Gasteiger partial charge in [-0.05, 0) is 94.0 Å². The molecule has 0 atom stereocenters. The molecule has 3 aromatic heterocycles. The highest BCUT2D eigenvalue weighted by molar-refractivity contribution is 6.15. The highest BCUT2D eigenvalue weighted by atomic mass is 16.3. The summed E-state index contributed by atoms with van der Waals surface area (Å²) in [5.74, 6) is 0. The number of nitrogens with zero attached hydrogens (tertiary/aromatic N) is 2. The predicted molar refractivity (Wildman–Crippen MR) is 239 cm³/mol. The lowest BCUT2D eigenvalue weighted by Gasteiger charge is -2.45. The zero-order valence-electron chi connectivity index (χ0n) is 32.5. The average molecular weight is 733 g/mol. The molecule has 11 aromatic rings. The fourth-order valence-corrected chi connectivity index (χ4v) is 10.6. The van der Waals surface area contributed by atoms with E-state index in [9.17, 15) is 0 Å². The molecule has 3 nitrogen and oxygen atoms in total. The largest absolute Gasteiger partial charge is 0.456 e. The van der Waals surface area contributed by atoms with Crippen LogP contribution in [0.1, 0.15) is 49.9 Å². The highest BCUT2D eigenvalue weighted by Gasteiger charge is 2.45. The molecular formula is C54H40N2O. The first-order chi connectivity index (χ1) is 27.8. The van der Waals surface area contributed by atoms with Gasteiger partial charge in [-0.3, -0.25) is 0 Å². The maximum absolute atomic E-state index is 6.25. The Labute approximate surface area is 331 Å². The van der Waals surface area contributed by atoms with Crippen molar-refractivity contribution in [1.82, 2.24) is 9.13 Å². The lowest BCUT2D eigenvalue weighted by atomic mass is 9.58. The van der Waals surface area contributed by atoms with Crippen molar-refractivity contribution >= 4 is 65.6 Å². The van der Waals surface area contributed by atoms with Crippen LogP contribution < -0.4 is 0 Å². The zero-order valence-corrected chi connectivity index (χ0v) is 32.5. The Bertz CT molecular complexity index is 3440. The minimum Gasteiger partial charge on any atom is -0.456 e. The second-order valence-electron chi connectivity index (χ2n) is 16.9. The number of fused-ring (bicyclic) bond motifs is 13. The van der Waals surface area contributed by atoms with Crippen molar-refractivity contribution in [3.63, 3.8) is 0 Å². The first-order valence-corrected chi connectivity index (χ1v) is 20.0. The SMILES string of the molecule is CC1(C)c2ccc3c(c2C(C)(C)c2ccc4c(c21)c1ccccc1n4-c1ccc(-c2ccccc2)cc1)c1ccccc1n3-c1ccc2oc3ccccc3c2c1. The second-order valence-corrected chi connectivity index (χ2v) is 16.9. The molecule has 1 aliphatic rings. The predicted octanol–water partition coefficient (Wildman–Crippen LogP) is 14.4. The first-order valence-electron chi connectivity index (χ1n) is 20.0. The van der Waals surface area contributed by atoms with Gasteiger partial charge < -0.3 is 13.6 Å². The van der Waals surface area contributed by atoms with Crippen LogP contribution >= 0.6 is 0 Å². The van der Waals surface area contributed by atoms with E-state index in [0.29, 0.717) is 0 Å². The molecule has 3 heteroatoms. The Morgan fingerprint density at radius 1 is 0.368 bits per heavy atom. The van der Waals surface area contributed by atoms with Gasteiger partial charge in [0.1, 0.15) is 11.2 Å². The summed E-state index contributed by atoms with van der Waals surface area (Å²) in [6, 6.07) is 62.2. The van der Waals surface area contributed by atoms with Gasteiger partial charge in [-0.1, -0.05) is 137 Å². The summed E-state index contributed by atoms with van der Waals surface area (Å²) < 4.78 is 11.2. The van der Waals surface area contributed by atoms with Crippen LogP contribution in [0.4, 0.5) is 0 Å². The van der Waals surface area contributed by atoms with Gasteiger partial charge in [0.05, 0.1) is 22.1 Å². The molecule has 57 heavy (non-hydrogen) atoms. The van der Waals surface area contributed by atoms with Gasteiger partial charge in [0.2, 0.25) is 0 Å². The second kappa shape index (κ2) is 11.4. The van der Waals surface area contributed by atoms with Crippen molar-refractivity contribution < 1.29 is 4.42 Å². The van der Waals surface area contributed by atoms with Crippen LogP contribution in [0.15, 0.2) is 174 Å². The van der Waals surface area contributed by atoms with Gasteiger partial charge in [-0.15, -0.1) is 0 Å². The van der Waals surface area contributed by atoms with Crippen LogP contribution in [0, 0.1) is 0 Å². The molecule has 8 aromatic carbocycles. The number of hydrogen-bond acceptors (Lipinski definition) is 1. The number of hydrogen-bond donors (Lipinski definition) is 0. The normalized spacial score (nSPS) is 14.6. The minimum absolute atomic E-state index is 0.280. The molecule has 1 aliphatic carbocycles. The Balaban J connectivity index is 1.10. The third kappa shape index (κ3) is 4.32. The van der Waals surface area contributed by atoms with Gasteiger partial charge in [-0.2, -0.15) is 0 Å². The molecule has 0 radical (unpaired) electrons. The summed E-state index contributed by atoms with van der Waals surface area (Å²) in [7, 11) is 0. The molecule has 0 unspecified atom stereocenters. The van der Waals surface area contributed by atoms with E-state index in [1.807, 2.05) is 6.07 Å². The van der Waals surface area contributed by atoms with Gasteiger partial charge in [0, 0.05) is 54.5 Å². The Morgan fingerprint density at radius 2 is 0.842 bits per heavy atom. The molecule has 272 valence electrons. The first kappa shape index (κ1) is 32.4. The van der Waals surface area contributed by atoms with Crippen molar-refractivity contribution in [3.05, 3.63) is 192 Å². The van der Waals surface area contributed by atoms with E-state index < -0.39 is 0 Å². The monoisotopic (exact) mass is 732 g/mol. The van der Waals surface area contributed by atoms with E-state index in [-0.39, 0.29) is 10.8 Å². The van der Waals surface area contributed by atoms with E-state index in [2.05, 4.69) is 201 Å². The van der Waals surface area contributed by atoms with E-state index >= 15 is 0 Å². The Morgan fingerprint density at radius 3 is 1.46 bits per heavy atom. The highest BCUT2D eigenvalue weighted by Crippen LogP contribution is 2.56. The van der Waals surface area contributed by atoms with Gasteiger partial charge in [0.15, 0.2) is 0 Å². The lowest BCUT2D eigenvalue weighted by Crippen LogP contribution is -2.37. The smallest absolute Gasteiger partial charge is 0.135 e. The molecule has 3 heterocycles. The minimum atomic E-state index is -0.284. The molecule has 0 N–H and O–H groups in total. The summed E-state index contributed by atoms with van der Waals surface area (Å²) in [6.45, 7) is 9.79. The lowest BCUT2D eigenvalue weighted by molar-refractivity contribution is 0.529. The molecule has 12 rings (SSSR count). The molecule has 0 bridgehead atoms. The summed E-state index contributed by atoms with van der Waals surface area (Å²) >= 11 is 0. The van der Waals surface area contributed by atoms with Gasteiger partial charge in [-0.25, -0.2) is 0 Å². The van der Waals surface area contributed by atoms with Gasteiger partial charge >= 0.3 is 0 Å². The van der Waals surface area contributed by atoms with Crippen molar-refractivity contribution in [2.45, 2.75) is 38.5 Å². The quantitative estimate of drug-likeness (QED) is 0.177.